The Bertz CT molecular complexity index is 544. The zero-order valence-electron chi connectivity index (χ0n) is 14.5. The van der Waals surface area contributed by atoms with Crippen molar-refractivity contribution in [2.24, 2.45) is 5.92 Å². The molecule has 1 amide bonds. The van der Waals surface area contributed by atoms with Crippen LogP contribution >= 0.6 is 0 Å². The van der Waals surface area contributed by atoms with Gasteiger partial charge in [-0.1, -0.05) is 12.1 Å². The summed E-state index contributed by atoms with van der Waals surface area (Å²) in [7, 11) is 1.63. The highest BCUT2D eigenvalue weighted by molar-refractivity contribution is 5.77. The largest absolute Gasteiger partial charge is 0.497 e. The van der Waals surface area contributed by atoms with Crippen molar-refractivity contribution in [1.82, 2.24) is 5.32 Å². The molecule has 0 saturated carbocycles. The lowest BCUT2D eigenvalue weighted by molar-refractivity contribution is -0.899. The van der Waals surface area contributed by atoms with Crippen LogP contribution in [0.4, 0.5) is 0 Å². The number of piperidine rings is 1. The maximum Gasteiger partial charge on any atom is 0.314 e. The van der Waals surface area contributed by atoms with Gasteiger partial charge in [0.2, 0.25) is 0 Å². The summed E-state index contributed by atoms with van der Waals surface area (Å²) in [6.45, 7) is 4.72. The van der Waals surface area contributed by atoms with Crippen molar-refractivity contribution in [3.63, 3.8) is 0 Å². The number of hydrogen-bond acceptors (Lipinski definition) is 4. The molecule has 1 saturated heterocycles. The first-order valence-corrected chi connectivity index (χ1v) is 8.52. The molecule has 2 atom stereocenters. The zero-order chi connectivity index (χ0) is 17.4. The van der Waals surface area contributed by atoms with Gasteiger partial charge in [-0.3, -0.25) is 9.59 Å². The first-order valence-electron chi connectivity index (χ1n) is 8.52. The molecule has 1 fully saturated rings. The summed E-state index contributed by atoms with van der Waals surface area (Å²) in [4.78, 5) is 25.1. The maximum atomic E-state index is 12.1. The summed E-state index contributed by atoms with van der Waals surface area (Å²) >= 11 is 0. The third-order valence-corrected chi connectivity index (χ3v) is 4.30. The molecule has 6 heteroatoms. The van der Waals surface area contributed by atoms with E-state index in [0.717, 1.165) is 35.6 Å². The fourth-order valence-corrected chi connectivity index (χ4v) is 3.01. The topological polar surface area (TPSA) is 69.1 Å². The van der Waals surface area contributed by atoms with Gasteiger partial charge in [0.15, 0.2) is 6.54 Å². The number of carbonyl (C=O) groups is 2. The van der Waals surface area contributed by atoms with Crippen LogP contribution in [0.25, 0.3) is 0 Å². The lowest BCUT2D eigenvalue weighted by atomic mass is 9.98. The minimum Gasteiger partial charge on any atom is -0.497 e. The van der Waals surface area contributed by atoms with E-state index in [1.54, 1.807) is 7.11 Å². The molecule has 0 spiro atoms. The lowest BCUT2D eigenvalue weighted by Crippen LogP contribution is -3.14. The second-order valence-corrected chi connectivity index (χ2v) is 6.10. The number of rotatable bonds is 7. The normalized spacial score (nSPS) is 20.2. The van der Waals surface area contributed by atoms with Crippen molar-refractivity contribution >= 4 is 11.9 Å². The van der Waals surface area contributed by atoms with E-state index >= 15 is 0 Å². The van der Waals surface area contributed by atoms with Gasteiger partial charge in [-0.2, -0.15) is 0 Å². The molecule has 1 aliphatic rings. The monoisotopic (exact) mass is 335 g/mol. The van der Waals surface area contributed by atoms with E-state index < -0.39 is 0 Å². The van der Waals surface area contributed by atoms with Crippen molar-refractivity contribution in [2.75, 3.05) is 33.4 Å². The summed E-state index contributed by atoms with van der Waals surface area (Å²) in [6, 6.07) is 7.62. The van der Waals surface area contributed by atoms with Crippen LogP contribution in [-0.2, 0) is 20.9 Å². The number of likely N-dealkylation sites (tertiary alicyclic amines) is 1. The van der Waals surface area contributed by atoms with Crippen LogP contribution < -0.4 is 15.0 Å². The van der Waals surface area contributed by atoms with Crippen LogP contribution in [0.3, 0.4) is 0 Å². The number of benzene rings is 1. The van der Waals surface area contributed by atoms with E-state index in [2.05, 4.69) is 5.32 Å². The third-order valence-electron chi connectivity index (χ3n) is 4.30. The number of carbonyl (C=O) groups excluding carboxylic acids is 2. The Morgan fingerprint density at radius 1 is 1.29 bits per heavy atom. The predicted molar refractivity (Wildman–Crippen MR) is 89.8 cm³/mol. The first-order chi connectivity index (χ1) is 11.6. The van der Waals surface area contributed by atoms with Crippen molar-refractivity contribution < 1.29 is 24.0 Å². The van der Waals surface area contributed by atoms with Gasteiger partial charge in [-0.15, -0.1) is 0 Å². The van der Waals surface area contributed by atoms with E-state index in [4.69, 9.17) is 9.47 Å². The standard InChI is InChI=1S/C18H26N2O4/c1-3-24-18(22)15-5-4-10-20(12-15)13-17(21)19-11-14-6-8-16(23-2)9-7-14/h6-9,15H,3-5,10-13H2,1-2H3,(H,19,21)/p+1/t15-/m0/s1. The Morgan fingerprint density at radius 2 is 2.04 bits per heavy atom. The number of nitrogens with one attached hydrogen (secondary N) is 2. The van der Waals surface area contributed by atoms with Crippen LogP contribution in [0.5, 0.6) is 5.75 Å². The number of quaternary nitrogens is 1. The molecular formula is C18H27N2O4+. The maximum absolute atomic E-state index is 12.1. The molecule has 1 aromatic carbocycles. The smallest absolute Gasteiger partial charge is 0.314 e. The molecule has 0 aliphatic carbocycles. The molecule has 1 aromatic rings. The summed E-state index contributed by atoms with van der Waals surface area (Å²) in [5.41, 5.74) is 1.03. The Kier molecular flexibility index (Phi) is 7.06. The van der Waals surface area contributed by atoms with Gasteiger partial charge in [0.1, 0.15) is 11.7 Å². The average Bonchev–Trinajstić information content (AvgIpc) is 2.61. The van der Waals surface area contributed by atoms with Crippen LogP contribution in [-0.4, -0.2) is 45.2 Å². The quantitative estimate of drug-likeness (QED) is 0.697. The van der Waals surface area contributed by atoms with E-state index in [-0.39, 0.29) is 17.8 Å². The first kappa shape index (κ1) is 18.3. The van der Waals surface area contributed by atoms with Gasteiger partial charge in [-0.25, -0.2) is 0 Å². The molecule has 1 aliphatic heterocycles. The number of ether oxygens (including phenoxy) is 2. The number of amides is 1. The highest BCUT2D eigenvalue weighted by Gasteiger charge is 2.30. The second-order valence-electron chi connectivity index (χ2n) is 6.10. The Balaban J connectivity index is 1.75. The van der Waals surface area contributed by atoms with Gasteiger partial charge < -0.3 is 19.7 Å². The van der Waals surface area contributed by atoms with Gasteiger partial charge >= 0.3 is 5.97 Å². The van der Waals surface area contributed by atoms with E-state index in [1.807, 2.05) is 31.2 Å². The number of hydrogen-bond donors (Lipinski definition) is 2. The summed E-state index contributed by atoms with van der Waals surface area (Å²) < 4.78 is 10.2. The highest BCUT2D eigenvalue weighted by atomic mass is 16.5. The highest BCUT2D eigenvalue weighted by Crippen LogP contribution is 2.11. The van der Waals surface area contributed by atoms with Crippen LogP contribution in [0.15, 0.2) is 24.3 Å². The molecule has 0 radical (unpaired) electrons. The molecule has 0 aromatic heterocycles. The molecule has 0 bridgehead atoms. The van der Waals surface area contributed by atoms with E-state index in [9.17, 15) is 9.59 Å². The van der Waals surface area contributed by atoms with Crippen molar-refractivity contribution in [3.8, 4) is 5.75 Å². The molecule has 24 heavy (non-hydrogen) atoms. The van der Waals surface area contributed by atoms with Crippen molar-refractivity contribution in [2.45, 2.75) is 26.3 Å². The summed E-state index contributed by atoms with van der Waals surface area (Å²) in [6.07, 6.45) is 1.81. The third kappa shape index (κ3) is 5.53. The lowest BCUT2D eigenvalue weighted by Gasteiger charge is -2.28. The van der Waals surface area contributed by atoms with Gasteiger partial charge in [0.25, 0.3) is 5.91 Å². The van der Waals surface area contributed by atoms with E-state index in [1.165, 1.54) is 0 Å². The predicted octanol–water partition coefficient (Wildman–Crippen LogP) is 0.169. The summed E-state index contributed by atoms with van der Waals surface area (Å²) in [5, 5.41) is 2.94. The van der Waals surface area contributed by atoms with Gasteiger partial charge in [0, 0.05) is 6.54 Å². The van der Waals surface area contributed by atoms with E-state index in [0.29, 0.717) is 26.2 Å². The minimum atomic E-state index is -0.131. The van der Waals surface area contributed by atoms with Crippen LogP contribution in [0.2, 0.25) is 0 Å². The van der Waals surface area contributed by atoms with Crippen LogP contribution in [0.1, 0.15) is 25.3 Å². The molecule has 2 N–H and O–H groups in total. The Labute approximate surface area is 143 Å². The van der Waals surface area contributed by atoms with Gasteiger partial charge in [0.05, 0.1) is 26.8 Å². The molecule has 2 rings (SSSR count). The summed E-state index contributed by atoms with van der Waals surface area (Å²) in [5.74, 6) is 0.592. The fourth-order valence-electron chi connectivity index (χ4n) is 3.01. The molecular weight excluding hydrogens is 308 g/mol. The SMILES string of the molecule is CCOC(=O)[C@H]1CCC[NH+](CC(=O)NCc2ccc(OC)cc2)C1. The fraction of sp³-hybridized carbons (Fsp3) is 0.556. The Morgan fingerprint density at radius 3 is 2.71 bits per heavy atom. The van der Waals surface area contributed by atoms with Gasteiger partial charge in [-0.05, 0) is 37.5 Å². The number of methoxy groups -OCH3 is 1. The second kappa shape index (κ2) is 9.27. The molecule has 1 heterocycles. The Hall–Kier alpha value is -2.08. The van der Waals surface area contributed by atoms with Crippen molar-refractivity contribution in [3.05, 3.63) is 29.8 Å². The molecule has 132 valence electrons. The number of esters is 1. The van der Waals surface area contributed by atoms with Crippen molar-refractivity contribution in [1.29, 1.82) is 0 Å². The average molecular weight is 335 g/mol. The zero-order valence-corrected chi connectivity index (χ0v) is 14.5. The minimum absolute atomic E-state index is 0.00493. The molecule has 1 unspecified atom stereocenters. The van der Waals surface area contributed by atoms with Crippen LogP contribution in [0, 0.1) is 5.92 Å². The molecule has 6 nitrogen and oxygen atoms in total.